The van der Waals surface area contributed by atoms with Crippen molar-refractivity contribution in [1.29, 1.82) is 0 Å². The molecular formula is C17H17Cl3N2OS. The first-order chi connectivity index (χ1) is 11.6. The molecule has 0 unspecified atom stereocenters. The lowest BCUT2D eigenvalue weighted by atomic mass is 10.0. The molecule has 24 heavy (non-hydrogen) atoms. The van der Waals surface area contributed by atoms with Crippen LogP contribution in [0.2, 0.25) is 9.36 Å². The van der Waals surface area contributed by atoms with Crippen LogP contribution < -0.4 is 0 Å². The van der Waals surface area contributed by atoms with Crippen LogP contribution in [0, 0.1) is 0 Å². The second-order valence-electron chi connectivity index (χ2n) is 5.65. The van der Waals surface area contributed by atoms with Gasteiger partial charge in [0.15, 0.2) is 0 Å². The molecule has 2 heterocycles. The second-order valence-corrected chi connectivity index (χ2v) is 8.10. The van der Waals surface area contributed by atoms with Crippen molar-refractivity contribution in [3.05, 3.63) is 56.2 Å². The Kier molecular flexibility index (Phi) is 6.06. The normalized spacial score (nSPS) is 17.0. The Morgan fingerprint density at radius 3 is 2.46 bits per heavy atom. The Bertz CT molecular complexity index is 713. The largest absolute Gasteiger partial charge is 0.339 e. The molecule has 7 heteroatoms. The standard InChI is InChI=1S/C17H17Cl3N2OS/c18-11-16(23)21-6-8-22(9-7-21)17(14-4-5-15(20)24-14)12-2-1-3-13(19)10-12/h1-5,10,17H,6-9,11H2/t17-/m0/s1. The van der Waals surface area contributed by atoms with Gasteiger partial charge in [0.2, 0.25) is 5.91 Å². The molecule has 128 valence electrons. The summed E-state index contributed by atoms with van der Waals surface area (Å²) < 4.78 is 0.771. The van der Waals surface area contributed by atoms with Gasteiger partial charge in [0, 0.05) is 36.1 Å². The fourth-order valence-electron chi connectivity index (χ4n) is 3.02. The van der Waals surface area contributed by atoms with E-state index in [1.54, 1.807) is 11.3 Å². The van der Waals surface area contributed by atoms with E-state index < -0.39 is 0 Å². The Labute approximate surface area is 160 Å². The molecule has 2 aromatic rings. The maximum absolute atomic E-state index is 11.8. The van der Waals surface area contributed by atoms with E-state index in [4.69, 9.17) is 34.8 Å². The number of thiophene rings is 1. The molecule has 0 bridgehead atoms. The van der Waals surface area contributed by atoms with Gasteiger partial charge in [-0.3, -0.25) is 9.69 Å². The number of alkyl halides is 1. The van der Waals surface area contributed by atoms with E-state index in [2.05, 4.69) is 17.0 Å². The second kappa shape index (κ2) is 8.07. The van der Waals surface area contributed by atoms with Crippen LogP contribution in [0.15, 0.2) is 36.4 Å². The summed E-state index contributed by atoms with van der Waals surface area (Å²) in [5, 5.41) is 0.719. The zero-order valence-electron chi connectivity index (χ0n) is 12.9. The van der Waals surface area contributed by atoms with Gasteiger partial charge in [-0.2, -0.15) is 0 Å². The molecule has 1 aromatic carbocycles. The first-order valence-electron chi connectivity index (χ1n) is 7.67. The summed E-state index contributed by atoms with van der Waals surface area (Å²) in [5.41, 5.74) is 1.14. The molecule has 1 aliphatic heterocycles. The number of hydrogen-bond donors (Lipinski definition) is 0. The number of hydrogen-bond acceptors (Lipinski definition) is 3. The number of halogens is 3. The number of piperazine rings is 1. The first-order valence-corrected chi connectivity index (χ1v) is 9.77. The van der Waals surface area contributed by atoms with Crippen molar-refractivity contribution >= 4 is 52.0 Å². The lowest BCUT2D eigenvalue weighted by Crippen LogP contribution is -2.50. The minimum absolute atomic E-state index is 0.00482. The summed E-state index contributed by atoms with van der Waals surface area (Å²) in [7, 11) is 0. The van der Waals surface area contributed by atoms with E-state index in [0.717, 1.165) is 28.0 Å². The summed E-state index contributed by atoms with van der Waals surface area (Å²) in [6, 6.07) is 12.0. The van der Waals surface area contributed by atoms with Crippen LogP contribution in [-0.2, 0) is 4.79 Å². The highest BCUT2D eigenvalue weighted by atomic mass is 35.5. The summed E-state index contributed by atoms with van der Waals surface area (Å²) in [4.78, 5) is 17.1. The van der Waals surface area contributed by atoms with E-state index in [9.17, 15) is 4.79 Å². The van der Waals surface area contributed by atoms with E-state index in [0.29, 0.717) is 13.1 Å². The fraction of sp³-hybridized carbons (Fsp3) is 0.353. The maximum Gasteiger partial charge on any atom is 0.237 e. The molecular weight excluding hydrogens is 387 g/mol. The minimum atomic E-state index is -0.00482. The predicted molar refractivity (Wildman–Crippen MR) is 101 cm³/mol. The summed E-state index contributed by atoms with van der Waals surface area (Å²) in [6.45, 7) is 2.94. The molecule has 0 N–H and O–H groups in total. The quantitative estimate of drug-likeness (QED) is 0.700. The molecule has 1 aliphatic rings. The third kappa shape index (κ3) is 4.06. The van der Waals surface area contributed by atoms with Gasteiger partial charge < -0.3 is 4.90 Å². The van der Waals surface area contributed by atoms with Crippen molar-refractivity contribution in [2.45, 2.75) is 6.04 Å². The van der Waals surface area contributed by atoms with Gasteiger partial charge in [-0.05, 0) is 29.8 Å². The van der Waals surface area contributed by atoms with Crippen LogP contribution >= 0.6 is 46.1 Å². The van der Waals surface area contributed by atoms with Crippen LogP contribution in [0.3, 0.4) is 0 Å². The van der Waals surface area contributed by atoms with Crippen molar-refractivity contribution in [3.8, 4) is 0 Å². The highest BCUT2D eigenvalue weighted by Crippen LogP contribution is 2.36. The number of nitrogens with zero attached hydrogens (tertiary/aromatic N) is 2. The van der Waals surface area contributed by atoms with Gasteiger partial charge >= 0.3 is 0 Å². The van der Waals surface area contributed by atoms with E-state index in [1.165, 1.54) is 4.88 Å². The zero-order chi connectivity index (χ0) is 17.1. The van der Waals surface area contributed by atoms with Crippen LogP contribution in [0.5, 0.6) is 0 Å². The van der Waals surface area contributed by atoms with Crippen molar-refractivity contribution < 1.29 is 4.79 Å². The van der Waals surface area contributed by atoms with Crippen LogP contribution in [0.1, 0.15) is 16.5 Å². The highest BCUT2D eigenvalue weighted by Gasteiger charge is 2.29. The Balaban J connectivity index is 1.85. The summed E-state index contributed by atoms with van der Waals surface area (Å²) >= 11 is 19.6. The molecule has 1 fully saturated rings. The van der Waals surface area contributed by atoms with Gasteiger partial charge in [-0.15, -0.1) is 22.9 Å². The molecule has 1 amide bonds. The Hall–Kier alpha value is -0.780. The van der Waals surface area contributed by atoms with Gasteiger partial charge in [-0.1, -0.05) is 35.3 Å². The lowest BCUT2D eigenvalue weighted by Gasteiger charge is -2.39. The molecule has 3 rings (SSSR count). The maximum atomic E-state index is 11.8. The Morgan fingerprint density at radius 1 is 1.12 bits per heavy atom. The van der Waals surface area contributed by atoms with Gasteiger partial charge in [-0.25, -0.2) is 0 Å². The van der Waals surface area contributed by atoms with Crippen LogP contribution in [0.25, 0.3) is 0 Å². The summed E-state index contributed by atoms with van der Waals surface area (Å²) in [6.07, 6.45) is 0. The number of benzene rings is 1. The lowest BCUT2D eigenvalue weighted by molar-refractivity contribution is -0.130. The number of rotatable bonds is 4. The smallest absolute Gasteiger partial charge is 0.237 e. The number of carbonyl (C=O) groups excluding carboxylic acids is 1. The van der Waals surface area contributed by atoms with Crippen molar-refractivity contribution in [3.63, 3.8) is 0 Å². The molecule has 0 aliphatic carbocycles. The van der Waals surface area contributed by atoms with Crippen molar-refractivity contribution in [1.82, 2.24) is 9.80 Å². The monoisotopic (exact) mass is 402 g/mol. The van der Waals surface area contributed by atoms with Gasteiger partial charge in [0.25, 0.3) is 0 Å². The predicted octanol–water partition coefficient (Wildman–Crippen LogP) is 4.53. The molecule has 3 nitrogen and oxygen atoms in total. The number of carbonyl (C=O) groups is 1. The van der Waals surface area contributed by atoms with Crippen molar-refractivity contribution in [2.75, 3.05) is 32.1 Å². The third-order valence-corrected chi connectivity index (χ3v) is 5.92. The average Bonchev–Trinajstić information content (AvgIpc) is 3.01. The summed E-state index contributed by atoms with van der Waals surface area (Å²) in [5.74, 6) is 0.0351. The third-order valence-electron chi connectivity index (χ3n) is 4.17. The zero-order valence-corrected chi connectivity index (χ0v) is 16.0. The molecule has 1 saturated heterocycles. The fourth-order valence-corrected chi connectivity index (χ4v) is 4.61. The van der Waals surface area contributed by atoms with Crippen LogP contribution in [-0.4, -0.2) is 47.8 Å². The minimum Gasteiger partial charge on any atom is -0.339 e. The first kappa shape index (κ1) is 18.0. The van der Waals surface area contributed by atoms with E-state index in [1.807, 2.05) is 29.2 Å². The topological polar surface area (TPSA) is 23.6 Å². The van der Waals surface area contributed by atoms with E-state index >= 15 is 0 Å². The average molecular weight is 404 g/mol. The SMILES string of the molecule is O=C(CCl)N1CCN([C@@H](c2cccc(Cl)c2)c2ccc(Cl)s2)CC1. The number of amides is 1. The highest BCUT2D eigenvalue weighted by molar-refractivity contribution is 7.16. The molecule has 0 spiro atoms. The molecule has 1 atom stereocenters. The van der Waals surface area contributed by atoms with Crippen molar-refractivity contribution in [2.24, 2.45) is 0 Å². The van der Waals surface area contributed by atoms with Gasteiger partial charge in [0.1, 0.15) is 5.88 Å². The van der Waals surface area contributed by atoms with E-state index in [-0.39, 0.29) is 17.8 Å². The molecule has 0 radical (unpaired) electrons. The Morgan fingerprint density at radius 2 is 1.88 bits per heavy atom. The van der Waals surface area contributed by atoms with Gasteiger partial charge in [0.05, 0.1) is 10.4 Å². The van der Waals surface area contributed by atoms with Crippen LogP contribution in [0.4, 0.5) is 0 Å². The molecule has 0 saturated carbocycles. The molecule has 1 aromatic heterocycles.